The van der Waals surface area contributed by atoms with E-state index >= 15 is 0 Å². The Morgan fingerprint density at radius 2 is 2.12 bits per heavy atom. The lowest BCUT2D eigenvalue weighted by atomic mass is 10.2. The van der Waals surface area contributed by atoms with E-state index in [2.05, 4.69) is 15.3 Å². The predicted octanol–water partition coefficient (Wildman–Crippen LogP) is 2.89. The summed E-state index contributed by atoms with van der Waals surface area (Å²) in [6, 6.07) is 5.45. The summed E-state index contributed by atoms with van der Waals surface area (Å²) in [6.45, 7) is 5.20. The monoisotopic (exact) mass is 347 g/mol. The van der Waals surface area contributed by atoms with Gasteiger partial charge < -0.3 is 14.5 Å². The minimum atomic E-state index is -0.204. The highest BCUT2D eigenvalue weighted by Crippen LogP contribution is 2.21. The van der Waals surface area contributed by atoms with Crippen molar-refractivity contribution in [3.63, 3.8) is 0 Å². The second-order valence-corrected chi connectivity index (χ2v) is 6.78. The molecule has 0 bridgehead atoms. The second kappa shape index (κ2) is 7.81. The highest BCUT2D eigenvalue weighted by Gasteiger charge is 2.18. The molecule has 1 aliphatic heterocycles. The Balaban J connectivity index is 1.51. The number of hydrogen-bond acceptors (Lipinski definition) is 6. The highest BCUT2D eigenvalue weighted by atomic mass is 32.2. The van der Waals surface area contributed by atoms with Crippen molar-refractivity contribution >= 4 is 17.7 Å². The summed E-state index contributed by atoms with van der Waals surface area (Å²) >= 11 is 1.49. The van der Waals surface area contributed by atoms with Crippen molar-refractivity contribution in [3.05, 3.63) is 41.1 Å². The van der Waals surface area contributed by atoms with Gasteiger partial charge in [0.1, 0.15) is 5.76 Å². The van der Waals surface area contributed by atoms with Crippen LogP contribution in [0.2, 0.25) is 0 Å². The van der Waals surface area contributed by atoms with Crippen LogP contribution in [0.4, 0.5) is 0 Å². The molecular formula is C17H21N3O3S. The molecule has 0 spiro atoms. The van der Waals surface area contributed by atoms with Crippen molar-refractivity contribution in [1.82, 2.24) is 15.3 Å². The van der Waals surface area contributed by atoms with Gasteiger partial charge in [0.25, 0.3) is 5.91 Å². The maximum atomic E-state index is 12.1. The SMILES string of the molecule is Cc1cc(C)nc(SCc2ccc(C(=O)NCC3CCCO3)o2)n1. The van der Waals surface area contributed by atoms with Crippen molar-refractivity contribution < 1.29 is 13.9 Å². The molecule has 1 aliphatic rings. The van der Waals surface area contributed by atoms with Crippen molar-refractivity contribution in [1.29, 1.82) is 0 Å². The minimum Gasteiger partial charge on any atom is -0.455 e. The number of nitrogens with zero attached hydrogens (tertiary/aromatic N) is 2. The van der Waals surface area contributed by atoms with Crippen LogP contribution in [0.25, 0.3) is 0 Å². The number of carbonyl (C=O) groups excluding carboxylic acids is 1. The van der Waals surface area contributed by atoms with E-state index in [1.165, 1.54) is 11.8 Å². The van der Waals surface area contributed by atoms with Crippen LogP contribution in [-0.4, -0.2) is 35.1 Å². The van der Waals surface area contributed by atoms with E-state index in [1.807, 2.05) is 26.0 Å². The molecule has 1 fully saturated rings. The first-order valence-electron chi connectivity index (χ1n) is 8.04. The van der Waals surface area contributed by atoms with Crippen LogP contribution >= 0.6 is 11.8 Å². The predicted molar refractivity (Wildman–Crippen MR) is 91.1 cm³/mol. The first-order valence-corrected chi connectivity index (χ1v) is 9.02. The number of amides is 1. The summed E-state index contributed by atoms with van der Waals surface area (Å²) in [5.41, 5.74) is 1.89. The van der Waals surface area contributed by atoms with Crippen molar-refractivity contribution in [2.75, 3.05) is 13.2 Å². The van der Waals surface area contributed by atoms with Crippen LogP contribution in [0.5, 0.6) is 0 Å². The van der Waals surface area contributed by atoms with Gasteiger partial charge in [-0.2, -0.15) is 0 Å². The van der Waals surface area contributed by atoms with Crippen LogP contribution in [0.1, 0.15) is 40.5 Å². The Morgan fingerprint density at radius 1 is 1.33 bits per heavy atom. The molecule has 2 aromatic rings. The van der Waals surface area contributed by atoms with E-state index < -0.39 is 0 Å². The van der Waals surface area contributed by atoms with E-state index in [9.17, 15) is 4.79 Å². The summed E-state index contributed by atoms with van der Waals surface area (Å²) in [6.07, 6.45) is 2.18. The number of hydrogen-bond donors (Lipinski definition) is 1. The maximum Gasteiger partial charge on any atom is 0.287 e. The number of ether oxygens (including phenoxy) is 1. The van der Waals surface area contributed by atoms with Crippen molar-refractivity contribution in [2.45, 2.75) is 43.7 Å². The van der Waals surface area contributed by atoms with E-state index in [-0.39, 0.29) is 12.0 Å². The van der Waals surface area contributed by atoms with Crippen LogP contribution in [0.15, 0.2) is 27.8 Å². The molecule has 0 saturated carbocycles. The lowest BCUT2D eigenvalue weighted by Crippen LogP contribution is -2.31. The van der Waals surface area contributed by atoms with Crippen LogP contribution in [-0.2, 0) is 10.5 Å². The Hall–Kier alpha value is -1.86. The molecule has 2 aromatic heterocycles. The van der Waals surface area contributed by atoms with Gasteiger partial charge in [0.2, 0.25) is 0 Å². The highest BCUT2D eigenvalue weighted by molar-refractivity contribution is 7.98. The van der Waals surface area contributed by atoms with Gasteiger partial charge in [0.15, 0.2) is 10.9 Å². The Kier molecular flexibility index (Phi) is 5.52. The third-order valence-electron chi connectivity index (χ3n) is 3.71. The normalized spacial score (nSPS) is 17.2. The Morgan fingerprint density at radius 3 is 2.83 bits per heavy atom. The van der Waals surface area contributed by atoms with Crippen LogP contribution in [0.3, 0.4) is 0 Å². The molecule has 1 unspecified atom stereocenters. The van der Waals surface area contributed by atoms with E-state index in [0.717, 1.165) is 36.6 Å². The van der Waals surface area contributed by atoms with E-state index in [1.54, 1.807) is 6.07 Å². The molecule has 1 N–H and O–H groups in total. The molecular weight excluding hydrogens is 326 g/mol. The zero-order valence-electron chi connectivity index (χ0n) is 13.9. The van der Waals surface area contributed by atoms with Crippen molar-refractivity contribution in [2.24, 2.45) is 0 Å². The molecule has 1 saturated heterocycles. The number of aryl methyl sites for hydroxylation is 2. The quantitative estimate of drug-likeness (QED) is 0.639. The molecule has 0 radical (unpaired) electrons. The number of carbonyl (C=O) groups is 1. The van der Waals surface area contributed by atoms with E-state index in [4.69, 9.17) is 9.15 Å². The smallest absolute Gasteiger partial charge is 0.287 e. The number of furan rings is 1. The minimum absolute atomic E-state index is 0.126. The Labute approximate surface area is 145 Å². The zero-order chi connectivity index (χ0) is 16.9. The standard InChI is InChI=1S/C17H21N3O3S/c1-11-8-12(2)20-17(19-11)24-10-14-5-6-15(23-14)16(21)18-9-13-4-3-7-22-13/h5-6,8,13H,3-4,7,9-10H2,1-2H3,(H,18,21). The second-order valence-electron chi connectivity index (χ2n) is 5.83. The molecule has 1 atom stereocenters. The topological polar surface area (TPSA) is 77.2 Å². The van der Waals surface area contributed by atoms with Gasteiger partial charge in [-0.1, -0.05) is 11.8 Å². The summed E-state index contributed by atoms with van der Waals surface area (Å²) in [5, 5.41) is 3.57. The molecule has 1 amide bonds. The van der Waals surface area contributed by atoms with Gasteiger partial charge in [-0.3, -0.25) is 4.79 Å². The fraction of sp³-hybridized carbons (Fsp3) is 0.471. The zero-order valence-corrected chi connectivity index (χ0v) is 14.7. The fourth-order valence-corrected chi connectivity index (χ4v) is 3.41. The van der Waals surface area contributed by atoms with Crippen LogP contribution in [0, 0.1) is 13.8 Å². The average Bonchev–Trinajstić information content (AvgIpc) is 3.21. The van der Waals surface area contributed by atoms with Gasteiger partial charge in [0, 0.05) is 24.5 Å². The summed E-state index contributed by atoms with van der Waals surface area (Å²) in [7, 11) is 0. The first kappa shape index (κ1) is 17.0. The molecule has 128 valence electrons. The average molecular weight is 347 g/mol. The van der Waals surface area contributed by atoms with Gasteiger partial charge in [0.05, 0.1) is 11.9 Å². The summed E-state index contributed by atoms with van der Waals surface area (Å²) in [5.74, 6) is 1.43. The van der Waals surface area contributed by atoms with Crippen LogP contribution < -0.4 is 5.32 Å². The summed E-state index contributed by atoms with van der Waals surface area (Å²) < 4.78 is 11.1. The van der Waals surface area contributed by atoms with Gasteiger partial charge in [-0.15, -0.1) is 0 Å². The third-order valence-corrected chi connectivity index (χ3v) is 4.57. The number of nitrogens with one attached hydrogen (secondary N) is 1. The fourth-order valence-electron chi connectivity index (χ4n) is 2.57. The number of aromatic nitrogens is 2. The maximum absolute atomic E-state index is 12.1. The largest absolute Gasteiger partial charge is 0.455 e. The molecule has 7 heteroatoms. The van der Waals surface area contributed by atoms with Gasteiger partial charge in [-0.25, -0.2) is 9.97 Å². The Bertz CT molecular complexity index is 691. The van der Waals surface area contributed by atoms with Crippen molar-refractivity contribution in [3.8, 4) is 0 Å². The number of rotatable bonds is 6. The lowest BCUT2D eigenvalue weighted by molar-refractivity contribution is 0.0834. The third kappa shape index (κ3) is 4.58. The van der Waals surface area contributed by atoms with Gasteiger partial charge >= 0.3 is 0 Å². The number of thioether (sulfide) groups is 1. The molecule has 0 aromatic carbocycles. The molecule has 0 aliphatic carbocycles. The molecule has 3 heterocycles. The molecule has 3 rings (SSSR count). The lowest BCUT2D eigenvalue weighted by Gasteiger charge is -2.09. The van der Waals surface area contributed by atoms with Gasteiger partial charge in [-0.05, 0) is 44.9 Å². The van der Waals surface area contributed by atoms with E-state index in [0.29, 0.717) is 23.2 Å². The molecule has 6 nitrogen and oxygen atoms in total. The first-order chi connectivity index (χ1) is 11.6. The molecule has 24 heavy (non-hydrogen) atoms. The summed E-state index contributed by atoms with van der Waals surface area (Å²) in [4.78, 5) is 20.8.